The molecular weight excluding hydrogens is 242 g/mol. The molecule has 1 heterocycles. The Morgan fingerprint density at radius 3 is 2.79 bits per heavy atom. The number of rotatable bonds is 5. The van der Waals surface area contributed by atoms with E-state index in [-0.39, 0.29) is 12.0 Å². The van der Waals surface area contributed by atoms with Gasteiger partial charge in [0.05, 0.1) is 13.2 Å². The minimum atomic E-state index is -0.00633. The van der Waals surface area contributed by atoms with E-state index in [1.807, 2.05) is 0 Å². The van der Waals surface area contributed by atoms with E-state index in [1.165, 1.54) is 32.1 Å². The second kappa shape index (κ2) is 7.10. The van der Waals surface area contributed by atoms with Crippen molar-refractivity contribution in [3.8, 4) is 0 Å². The molecule has 0 aromatic carbocycles. The van der Waals surface area contributed by atoms with Gasteiger partial charge in [0.15, 0.2) is 5.96 Å². The SMILES string of the molecule is NC(=NCC1(CCO)CCOC1)NC1CCCCC1. The first-order valence-electron chi connectivity index (χ1n) is 7.49. The molecule has 19 heavy (non-hydrogen) atoms. The Bertz CT molecular complexity index is 295. The standard InChI is InChI=1S/C14H27N3O2/c15-13(17-12-4-2-1-3-5-12)16-10-14(6-8-18)7-9-19-11-14/h12,18H,1-11H2,(H3,15,16,17). The lowest BCUT2D eigenvalue weighted by molar-refractivity contribution is 0.131. The molecule has 5 nitrogen and oxygen atoms in total. The molecule has 1 aliphatic carbocycles. The molecule has 0 spiro atoms. The van der Waals surface area contributed by atoms with Gasteiger partial charge in [-0.25, -0.2) is 0 Å². The number of guanidine groups is 1. The fourth-order valence-electron chi connectivity index (χ4n) is 3.04. The van der Waals surface area contributed by atoms with E-state index < -0.39 is 0 Å². The second-order valence-corrected chi connectivity index (χ2v) is 5.96. The molecule has 1 saturated heterocycles. The van der Waals surface area contributed by atoms with Crippen LogP contribution < -0.4 is 11.1 Å². The second-order valence-electron chi connectivity index (χ2n) is 5.96. The normalized spacial score (nSPS) is 29.6. The first-order valence-corrected chi connectivity index (χ1v) is 7.49. The summed E-state index contributed by atoms with van der Waals surface area (Å²) >= 11 is 0. The van der Waals surface area contributed by atoms with E-state index in [0.717, 1.165) is 19.4 Å². The molecule has 5 heteroatoms. The first-order chi connectivity index (χ1) is 9.24. The van der Waals surface area contributed by atoms with Crippen molar-refractivity contribution in [2.24, 2.45) is 16.1 Å². The summed E-state index contributed by atoms with van der Waals surface area (Å²) in [5.41, 5.74) is 5.97. The molecule has 0 amide bonds. The third-order valence-electron chi connectivity index (χ3n) is 4.37. The molecule has 4 N–H and O–H groups in total. The molecule has 2 rings (SSSR count). The Kier molecular flexibility index (Phi) is 5.45. The maximum Gasteiger partial charge on any atom is 0.188 e. The highest BCUT2D eigenvalue weighted by atomic mass is 16.5. The van der Waals surface area contributed by atoms with E-state index in [2.05, 4.69) is 10.3 Å². The Morgan fingerprint density at radius 1 is 1.37 bits per heavy atom. The summed E-state index contributed by atoms with van der Waals surface area (Å²) in [6.45, 7) is 2.30. The lowest BCUT2D eigenvalue weighted by Crippen LogP contribution is -2.42. The minimum Gasteiger partial charge on any atom is -0.396 e. The van der Waals surface area contributed by atoms with Gasteiger partial charge in [-0.15, -0.1) is 0 Å². The number of aliphatic imine (C=N–C) groups is 1. The average Bonchev–Trinajstić information content (AvgIpc) is 2.87. The summed E-state index contributed by atoms with van der Waals surface area (Å²) in [6.07, 6.45) is 8.01. The molecule has 2 aliphatic rings. The smallest absolute Gasteiger partial charge is 0.188 e. The van der Waals surface area contributed by atoms with Gasteiger partial charge in [0.25, 0.3) is 0 Å². The summed E-state index contributed by atoms with van der Waals surface area (Å²) in [6, 6.07) is 0.492. The average molecular weight is 269 g/mol. The maximum absolute atomic E-state index is 9.17. The zero-order chi connectivity index (χ0) is 13.6. The first kappa shape index (κ1) is 14.6. The quantitative estimate of drug-likeness (QED) is 0.514. The van der Waals surface area contributed by atoms with Crippen LogP contribution in [0.15, 0.2) is 4.99 Å². The van der Waals surface area contributed by atoms with Crippen LogP contribution in [0.4, 0.5) is 0 Å². The molecule has 1 atom stereocenters. The van der Waals surface area contributed by atoms with Crippen molar-refractivity contribution in [3.63, 3.8) is 0 Å². The maximum atomic E-state index is 9.17. The molecule has 0 aromatic rings. The van der Waals surface area contributed by atoms with Crippen LogP contribution in [0.25, 0.3) is 0 Å². The number of hydrogen-bond acceptors (Lipinski definition) is 3. The van der Waals surface area contributed by atoms with Gasteiger partial charge in [0.2, 0.25) is 0 Å². The number of hydrogen-bond donors (Lipinski definition) is 3. The zero-order valence-corrected chi connectivity index (χ0v) is 11.7. The number of nitrogens with two attached hydrogens (primary N) is 1. The number of aliphatic hydroxyl groups excluding tert-OH is 1. The van der Waals surface area contributed by atoms with Gasteiger partial charge in [0.1, 0.15) is 0 Å². The fraction of sp³-hybridized carbons (Fsp3) is 0.929. The lowest BCUT2D eigenvalue weighted by Gasteiger charge is -2.26. The van der Waals surface area contributed by atoms with Crippen molar-refractivity contribution in [3.05, 3.63) is 0 Å². The van der Waals surface area contributed by atoms with Crippen molar-refractivity contribution in [2.75, 3.05) is 26.4 Å². The summed E-state index contributed by atoms with van der Waals surface area (Å²) < 4.78 is 5.45. The Morgan fingerprint density at radius 2 is 2.16 bits per heavy atom. The topological polar surface area (TPSA) is 79.9 Å². The molecule has 0 radical (unpaired) electrons. The molecule has 1 aliphatic heterocycles. The molecular formula is C14H27N3O2. The van der Waals surface area contributed by atoms with Gasteiger partial charge >= 0.3 is 0 Å². The fourth-order valence-corrected chi connectivity index (χ4v) is 3.04. The van der Waals surface area contributed by atoms with Crippen molar-refractivity contribution in [1.82, 2.24) is 5.32 Å². The predicted molar refractivity (Wildman–Crippen MR) is 76.1 cm³/mol. The van der Waals surface area contributed by atoms with Crippen LogP contribution in [0.2, 0.25) is 0 Å². The van der Waals surface area contributed by atoms with Crippen LogP contribution in [0, 0.1) is 5.41 Å². The molecule has 0 aromatic heterocycles. The molecule has 110 valence electrons. The van der Waals surface area contributed by atoms with E-state index in [1.54, 1.807) is 0 Å². The third kappa shape index (κ3) is 4.35. The number of nitrogens with one attached hydrogen (secondary N) is 1. The molecule has 2 fully saturated rings. The van der Waals surface area contributed by atoms with Gasteiger partial charge in [-0.05, 0) is 25.7 Å². The van der Waals surface area contributed by atoms with Gasteiger partial charge < -0.3 is 20.9 Å². The Labute approximate surface area is 115 Å². The Balaban J connectivity index is 1.81. The van der Waals surface area contributed by atoms with Crippen LogP contribution in [0.5, 0.6) is 0 Å². The monoisotopic (exact) mass is 269 g/mol. The molecule has 1 saturated carbocycles. The molecule has 0 bridgehead atoms. The Hall–Kier alpha value is -0.810. The van der Waals surface area contributed by atoms with Gasteiger partial charge in [-0.1, -0.05) is 19.3 Å². The van der Waals surface area contributed by atoms with Crippen LogP contribution in [-0.2, 0) is 4.74 Å². The van der Waals surface area contributed by atoms with E-state index in [9.17, 15) is 0 Å². The third-order valence-corrected chi connectivity index (χ3v) is 4.37. The summed E-state index contributed by atoms with van der Waals surface area (Å²) in [5.74, 6) is 0.552. The zero-order valence-electron chi connectivity index (χ0n) is 11.7. The van der Waals surface area contributed by atoms with Gasteiger partial charge in [-0.3, -0.25) is 4.99 Å². The number of aliphatic hydroxyl groups is 1. The summed E-state index contributed by atoms with van der Waals surface area (Å²) in [5, 5.41) is 12.5. The molecule has 1 unspecified atom stereocenters. The van der Waals surface area contributed by atoms with Crippen LogP contribution in [0.1, 0.15) is 44.9 Å². The van der Waals surface area contributed by atoms with E-state index in [4.69, 9.17) is 15.6 Å². The van der Waals surface area contributed by atoms with Crippen LogP contribution in [0.3, 0.4) is 0 Å². The van der Waals surface area contributed by atoms with Gasteiger partial charge in [0, 0.05) is 24.7 Å². The van der Waals surface area contributed by atoms with Gasteiger partial charge in [-0.2, -0.15) is 0 Å². The van der Waals surface area contributed by atoms with Crippen molar-refractivity contribution < 1.29 is 9.84 Å². The summed E-state index contributed by atoms with van der Waals surface area (Å²) in [4.78, 5) is 4.48. The van der Waals surface area contributed by atoms with Crippen molar-refractivity contribution >= 4 is 5.96 Å². The van der Waals surface area contributed by atoms with E-state index >= 15 is 0 Å². The highest BCUT2D eigenvalue weighted by molar-refractivity contribution is 5.78. The largest absolute Gasteiger partial charge is 0.396 e. The lowest BCUT2D eigenvalue weighted by atomic mass is 9.84. The minimum absolute atomic E-state index is 0.00633. The van der Waals surface area contributed by atoms with Crippen molar-refractivity contribution in [2.45, 2.75) is 51.0 Å². The number of ether oxygens (including phenoxy) is 1. The van der Waals surface area contributed by atoms with Crippen molar-refractivity contribution in [1.29, 1.82) is 0 Å². The number of nitrogens with zero attached hydrogens (tertiary/aromatic N) is 1. The highest BCUT2D eigenvalue weighted by Crippen LogP contribution is 2.32. The summed E-state index contributed by atoms with van der Waals surface area (Å²) in [7, 11) is 0. The predicted octanol–water partition coefficient (Wildman–Crippen LogP) is 1.01. The van der Waals surface area contributed by atoms with E-state index in [0.29, 0.717) is 25.2 Å². The van der Waals surface area contributed by atoms with Crippen LogP contribution >= 0.6 is 0 Å². The van der Waals surface area contributed by atoms with Crippen LogP contribution in [-0.4, -0.2) is 43.5 Å². The highest BCUT2D eigenvalue weighted by Gasteiger charge is 2.34.